The van der Waals surface area contributed by atoms with Crippen molar-refractivity contribution in [2.75, 3.05) is 5.75 Å². The Labute approximate surface area is 83.0 Å². The Bertz CT molecular complexity index is 269. The van der Waals surface area contributed by atoms with Crippen molar-refractivity contribution in [3.05, 3.63) is 11.4 Å². The Morgan fingerprint density at radius 2 is 2.08 bits per heavy atom. The Hall–Kier alpha value is -0.480. The van der Waals surface area contributed by atoms with E-state index in [0.717, 1.165) is 16.5 Å². The monoisotopic (exact) mass is 200 g/mol. The number of nitrogens with one attached hydrogen (secondary N) is 1. The van der Waals surface area contributed by atoms with Crippen molar-refractivity contribution in [1.29, 1.82) is 0 Å². The van der Waals surface area contributed by atoms with Gasteiger partial charge in [0.1, 0.15) is 0 Å². The van der Waals surface area contributed by atoms with Crippen LogP contribution in [-0.2, 0) is 0 Å². The molecule has 0 unspecified atom stereocenters. The van der Waals surface area contributed by atoms with Gasteiger partial charge in [-0.15, -0.1) is 0 Å². The largest absolute Gasteiger partial charge is 0.390 e. The molecule has 0 atom stereocenters. The molecule has 0 amide bonds. The van der Waals surface area contributed by atoms with Gasteiger partial charge in [0.15, 0.2) is 5.16 Å². The van der Waals surface area contributed by atoms with Crippen LogP contribution in [0.15, 0.2) is 5.16 Å². The second kappa shape index (κ2) is 3.72. The van der Waals surface area contributed by atoms with Crippen LogP contribution in [0.1, 0.15) is 25.2 Å². The van der Waals surface area contributed by atoms with Crippen molar-refractivity contribution in [3.63, 3.8) is 0 Å². The molecule has 0 aliphatic carbocycles. The molecular weight excluding hydrogens is 184 g/mol. The summed E-state index contributed by atoms with van der Waals surface area (Å²) >= 11 is 1.55. The van der Waals surface area contributed by atoms with Gasteiger partial charge in [0.2, 0.25) is 0 Å². The number of imidazole rings is 1. The van der Waals surface area contributed by atoms with E-state index in [-0.39, 0.29) is 0 Å². The second-order valence-electron chi connectivity index (χ2n) is 3.85. The van der Waals surface area contributed by atoms with Gasteiger partial charge >= 0.3 is 0 Å². The molecule has 1 rings (SSSR count). The quantitative estimate of drug-likeness (QED) is 0.732. The predicted octanol–water partition coefficient (Wildman–Crippen LogP) is 1.89. The molecule has 0 aliphatic rings. The summed E-state index contributed by atoms with van der Waals surface area (Å²) in [7, 11) is 0. The summed E-state index contributed by atoms with van der Waals surface area (Å²) in [6, 6.07) is 0. The Balaban J connectivity index is 2.56. The van der Waals surface area contributed by atoms with E-state index < -0.39 is 5.60 Å². The lowest BCUT2D eigenvalue weighted by Gasteiger charge is -2.14. The molecule has 0 bridgehead atoms. The lowest BCUT2D eigenvalue weighted by Crippen LogP contribution is -2.21. The van der Waals surface area contributed by atoms with Crippen LogP contribution < -0.4 is 0 Å². The minimum Gasteiger partial charge on any atom is -0.390 e. The molecule has 74 valence electrons. The number of aromatic nitrogens is 2. The van der Waals surface area contributed by atoms with E-state index in [9.17, 15) is 5.11 Å². The number of H-pyrrole nitrogens is 1. The first-order valence-electron chi connectivity index (χ1n) is 4.27. The molecule has 2 N–H and O–H groups in total. The highest BCUT2D eigenvalue weighted by Gasteiger charge is 2.14. The summed E-state index contributed by atoms with van der Waals surface area (Å²) in [5.41, 5.74) is 1.48. The fourth-order valence-electron chi connectivity index (χ4n) is 0.828. The summed E-state index contributed by atoms with van der Waals surface area (Å²) in [4.78, 5) is 7.47. The summed E-state index contributed by atoms with van der Waals surface area (Å²) in [6.45, 7) is 7.56. The van der Waals surface area contributed by atoms with Gasteiger partial charge in [-0.3, -0.25) is 0 Å². The zero-order chi connectivity index (χ0) is 10.1. The number of hydrogen-bond donors (Lipinski definition) is 2. The minimum absolute atomic E-state index is 0.640. The number of aryl methyl sites for hydroxylation is 2. The van der Waals surface area contributed by atoms with Gasteiger partial charge in [-0.2, -0.15) is 0 Å². The van der Waals surface area contributed by atoms with Crippen molar-refractivity contribution < 1.29 is 5.11 Å². The molecule has 0 fully saturated rings. The molecule has 0 spiro atoms. The van der Waals surface area contributed by atoms with E-state index in [2.05, 4.69) is 9.97 Å². The number of hydrogen-bond acceptors (Lipinski definition) is 3. The van der Waals surface area contributed by atoms with Gasteiger partial charge in [0.25, 0.3) is 0 Å². The molecule has 3 nitrogen and oxygen atoms in total. The van der Waals surface area contributed by atoms with Gasteiger partial charge < -0.3 is 10.1 Å². The van der Waals surface area contributed by atoms with Gasteiger partial charge in [-0.1, -0.05) is 11.8 Å². The third-order valence-corrected chi connectivity index (χ3v) is 2.99. The van der Waals surface area contributed by atoms with Gasteiger partial charge in [0.05, 0.1) is 11.3 Å². The minimum atomic E-state index is -0.640. The third kappa shape index (κ3) is 3.40. The highest BCUT2D eigenvalue weighted by molar-refractivity contribution is 7.99. The first kappa shape index (κ1) is 10.6. The number of nitrogens with zero attached hydrogens (tertiary/aromatic N) is 1. The molecule has 4 heteroatoms. The van der Waals surface area contributed by atoms with E-state index >= 15 is 0 Å². The van der Waals surface area contributed by atoms with Crippen LogP contribution in [-0.4, -0.2) is 26.4 Å². The first-order chi connectivity index (χ1) is 5.88. The molecule has 0 aliphatic heterocycles. The van der Waals surface area contributed by atoms with Crippen LogP contribution in [0.3, 0.4) is 0 Å². The summed E-state index contributed by atoms with van der Waals surface area (Å²) in [5.74, 6) is 0.652. The normalized spacial score (nSPS) is 12.1. The fourth-order valence-corrected chi connectivity index (χ4v) is 1.74. The molecular formula is C9H16N2OS. The Morgan fingerprint density at radius 1 is 1.46 bits per heavy atom. The van der Waals surface area contributed by atoms with Crippen molar-refractivity contribution in [2.24, 2.45) is 0 Å². The van der Waals surface area contributed by atoms with Gasteiger partial charge in [0, 0.05) is 11.4 Å². The van der Waals surface area contributed by atoms with Gasteiger partial charge in [-0.25, -0.2) is 4.98 Å². The SMILES string of the molecule is Cc1nc(SCC(C)(C)O)[nH]c1C. The van der Waals surface area contributed by atoms with E-state index in [0.29, 0.717) is 5.75 Å². The molecule has 1 heterocycles. The van der Waals surface area contributed by atoms with E-state index in [1.807, 2.05) is 13.8 Å². The first-order valence-corrected chi connectivity index (χ1v) is 5.25. The Morgan fingerprint density at radius 3 is 2.46 bits per heavy atom. The van der Waals surface area contributed by atoms with Crippen LogP contribution >= 0.6 is 11.8 Å². The highest BCUT2D eigenvalue weighted by Crippen LogP contribution is 2.20. The predicted molar refractivity (Wildman–Crippen MR) is 55.1 cm³/mol. The Kier molecular flexibility index (Phi) is 3.03. The number of aliphatic hydroxyl groups is 1. The van der Waals surface area contributed by atoms with Crippen LogP contribution in [0.25, 0.3) is 0 Å². The molecule has 0 aromatic carbocycles. The van der Waals surface area contributed by atoms with Gasteiger partial charge in [-0.05, 0) is 27.7 Å². The second-order valence-corrected chi connectivity index (χ2v) is 4.82. The van der Waals surface area contributed by atoms with Crippen LogP contribution in [0.5, 0.6) is 0 Å². The van der Waals surface area contributed by atoms with E-state index in [1.165, 1.54) is 0 Å². The number of rotatable bonds is 3. The third-order valence-electron chi connectivity index (χ3n) is 1.67. The van der Waals surface area contributed by atoms with Crippen molar-refractivity contribution >= 4 is 11.8 Å². The van der Waals surface area contributed by atoms with Crippen LogP contribution in [0.4, 0.5) is 0 Å². The maximum atomic E-state index is 9.49. The molecule has 1 aromatic rings. The number of aromatic amines is 1. The lowest BCUT2D eigenvalue weighted by atomic mass is 10.2. The smallest absolute Gasteiger partial charge is 0.165 e. The lowest BCUT2D eigenvalue weighted by molar-refractivity contribution is 0.107. The molecule has 0 saturated carbocycles. The zero-order valence-corrected chi connectivity index (χ0v) is 9.33. The zero-order valence-electron chi connectivity index (χ0n) is 8.51. The fraction of sp³-hybridized carbons (Fsp3) is 0.667. The molecule has 0 saturated heterocycles. The van der Waals surface area contributed by atoms with Crippen LogP contribution in [0, 0.1) is 13.8 Å². The van der Waals surface area contributed by atoms with Crippen molar-refractivity contribution in [3.8, 4) is 0 Å². The summed E-state index contributed by atoms with van der Waals surface area (Å²) in [6.07, 6.45) is 0. The van der Waals surface area contributed by atoms with Crippen LogP contribution in [0.2, 0.25) is 0 Å². The average Bonchev–Trinajstić information content (AvgIpc) is 2.27. The van der Waals surface area contributed by atoms with Crippen molar-refractivity contribution in [1.82, 2.24) is 9.97 Å². The maximum Gasteiger partial charge on any atom is 0.165 e. The van der Waals surface area contributed by atoms with E-state index in [1.54, 1.807) is 25.6 Å². The average molecular weight is 200 g/mol. The standard InChI is InChI=1S/C9H16N2OS/c1-6-7(2)11-8(10-6)13-5-9(3,4)12/h12H,5H2,1-4H3,(H,10,11). The van der Waals surface area contributed by atoms with Crippen molar-refractivity contribution in [2.45, 2.75) is 38.5 Å². The van der Waals surface area contributed by atoms with E-state index in [4.69, 9.17) is 0 Å². The molecule has 1 aromatic heterocycles. The summed E-state index contributed by atoms with van der Waals surface area (Å²) < 4.78 is 0. The topological polar surface area (TPSA) is 48.9 Å². The summed E-state index contributed by atoms with van der Waals surface area (Å²) in [5, 5.41) is 10.4. The molecule has 0 radical (unpaired) electrons. The highest BCUT2D eigenvalue weighted by atomic mass is 32.2. The maximum absolute atomic E-state index is 9.49. The number of thioether (sulfide) groups is 1. The molecule has 13 heavy (non-hydrogen) atoms.